The van der Waals surface area contributed by atoms with E-state index in [1.807, 2.05) is 0 Å². The molecular weight excluding hydrogens is 432 g/mol. The minimum absolute atomic E-state index is 0.00999. The van der Waals surface area contributed by atoms with E-state index in [0.29, 0.717) is 40.7 Å². The molecule has 0 unspecified atom stereocenters. The standard InChI is InChI=1S/C24H21F2N3O4/c1-2-24(32)14-7-17-20-12(8-29(17)22(30)13(14)9-33-23(24)31)18-15(27)5-3-10-11(21(25)26)4-6-16(28-20)19(10)18/h4,6-7,15,21,32H,2-3,5,8-9,27H2,1H3/t15-,24+/m1/s1. The molecular formula is C24H21F2N3O4. The summed E-state index contributed by atoms with van der Waals surface area (Å²) in [6.45, 7) is 1.63. The fraction of sp³-hybridized carbons (Fsp3) is 0.375. The van der Waals surface area contributed by atoms with Crippen molar-refractivity contribution in [2.75, 3.05) is 0 Å². The Morgan fingerprint density at radius 1 is 1.30 bits per heavy atom. The lowest BCUT2D eigenvalue weighted by Gasteiger charge is -2.31. The number of hydrogen-bond donors (Lipinski definition) is 2. The molecule has 2 atom stereocenters. The van der Waals surface area contributed by atoms with Gasteiger partial charge in [0.05, 0.1) is 29.0 Å². The van der Waals surface area contributed by atoms with Crippen molar-refractivity contribution in [1.29, 1.82) is 0 Å². The third-order valence-electron chi connectivity index (χ3n) is 7.35. The molecule has 6 rings (SSSR count). The summed E-state index contributed by atoms with van der Waals surface area (Å²) in [5.74, 6) is -0.784. The average Bonchev–Trinajstić information content (AvgIpc) is 3.17. The third kappa shape index (κ3) is 2.52. The minimum Gasteiger partial charge on any atom is -0.458 e. The Labute approximate surface area is 186 Å². The van der Waals surface area contributed by atoms with E-state index in [0.717, 1.165) is 11.1 Å². The highest BCUT2D eigenvalue weighted by Crippen LogP contribution is 2.45. The summed E-state index contributed by atoms with van der Waals surface area (Å²) < 4.78 is 34.0. The van der Waals surface area contributed by atoms with Crippen LogP contribution in [0.15, 0.2) is 23.0 Å². The first-order chi connectivity index (χ1) is 15.8. The minimum atomic E-state index is -2.60. The fourth-order valence-electron chi connectivity index (χ4n) is 5.62. The van der Waals surface area contributed by atoms with Crippen LogP contribution in [0.25, 0.3) is 22.3 Å². The number of ether oxygens (including phenoxy) is 1. The highest BCUT2D eigenvalue weighted by atomic mass is 19.3. The van der Waals surface area contributed by atoms with Crippen molar-refractivity contribution < 1.29 is 23.4 Å². The first-order valence-corrected chi connectivity index (χ1v) is 11.0. The summed E-state index contributed by atoms with van der Waals surface area (Å²) in [6.07, 6.45) is -1.59. The van der Waals surface area contributed by atoms with Crippen LogP contribution in [-0.4, -0.2) is 20.6 Å². The number of fused-ring (bicyclic) bond motifs is 5. The number of hydrogen-bond acceptors (Lipinski definition) is 6. The van der Waals surface area contributed by atoms with Crippen LogP contribution in [0.2, 0.25) is 0 Å². The maximum Gasteiger partial charge on any atom is 0.343 e. The molecule has 0 bridgehead atoms. The van der Waals surface area contributed by atoms with Gasteiger partial charge in [0.15, 0.2) is 5.60 Å². The number of nitrogens with zero attached hydrogens (tertiary/aromatic N) is 2. The topological polar surface area (TPSA) is 107 Å². The molecule has 2 aliphatic heterocycles. The first-order valence-electron chi connectivity index (χ1n) is 11.0. The normalized spacial score (nSPS) is 22.8. The van der Waals surface area contributed by atoms with E-state index in [1.54, 1.807) is 19.1 Å². The lowest BCUT2D eigenvalue weighted by molar-refractivity contribution is -0.172. The monoisotopic (exact) mass is 453 g/mol. The Balaban J connectivity index is 1.67. The molecule has 0 saturated heterocycles. The van der Waals surface area contributed by atoms with Gasteiger partial charge in [-0.05, 0) is 42.5 Å². The van der Waals surface area contributed by atoms with Crippen molar-refractivity contribution in [1.82, 2.24) is 9.55 Å². The number of rotatable bonds is 2. The number of cyclic esters (lactones) is 1. The van der Waals surface area contributed by atoms with E-state index in [4.69, 9.17) is 15.5 Å². The van der Waals surface area contributed by atoms with E-state index >= 15 is 0 Å². The summed E-state index contributed by atoms with van der Waals surface area (Å²) >= 11 is 0. The van der Waals surface area contributed by atoms with Gasteiger partial charge in [-0.25, -0.2) is 18.6 Å². The van der Waals surface area contributed by atoms with Crippen LogP contribution in [0, 0.1) is 0 Å². The number of alkyl halides is 2. The Bertz CT molecular complexity index is 1450. The zero-order valence-electron chi connectivity index (χ0n) is 17.8. The van der Waals surface area contributed by atoms with Gasteiger partial charge in [0.2, 0.25) is 0 Å². The molecule has 0 amide bonds. The van der Waals surface area contributed by atoms with Gasteiger partial charge in [0.25, 0.3) is 12.0 Å². The molecule has 0 radical (unpaired) electrons. The molecule has 33 heavy (non-hydrogen) atoms. The highest BCUT2D eigenvalue weighted by molar-refractivity contribution is 5.93. The Hall–Kier alpha value is -3.17. The second-order valence-electron chi connectivity index (χ2n) is 8.93. The SMILES string of the molecule is CC[C@@]1(O)C(=O)OCc2c1cc1n(c2=O)Cc2c-1nc1ccc(C(F)F)c3c1c2[C@H](N)CC3. The molecule has 1 aromatic carbocycles. The van der Waals surface area contributed by atoms with Crippen LogP contribution in [0.4, 0.5) is 8.78 Å². The predicted octanol–water partition coefficient (Wildman–Crippen LogP) is 2.96. The summed E-state index contributed by atoms with van der Waals surface area (Å²) in [5, 5.41) is 11.7. The Kier molecular flexibility index (Phi) is 4.14. The third-order valence-corrected chi connectivity index (χ3v) is 7.35. The maximum atomic E-state index is 13.7. The summed E-state index contributed by atoms with van der Waals surface area (Å²) in [6, 6.07) is 4.24. The number of benzene rings is 1. The molecule has 0 saturated carbocycles. The molecule has 0 fully saturated rings. The lowest BCUT2D eigenvalue weighted by atomic mass is 9.82. The van der Waals surface area contributed by atoms with Crippen LogP contribution < -0.4 is 11.3 Å². The largest absolute Gasteiger partial charge is 0.458 e. The smallest absolute Gasteiger partial charge is 0.343 e. The van der Waals surface area contributed by atoms with Crippen LogP contribution >= 0.6 is 0 Å². The van der Waals surface area contributed by atoms with Crippen molar-refractivity contribution in [2.45, 2.75) is 57.4 Å². The van der Waals surface area contributed by atoms with E-state index in [2.05, 4.69) is 0 Å². The molecule has 7 nitrogen and oxygen atoms in total. The second-order valence-corrected chi connectivity index (χ2v) is 8.93. The molecule has 170 valence electrons. The zero-order chi connectivity index (χ0) is 23.2. The van der Waals surface area contributed by atoms with Crippen molar-refractivity contribution in [3.63, 3.8) is 0 Å². The van der Waals surface area contributed by atoms with Crippen LogP contribution in [0.3, 0.4) is 0 Å². The van der Waals surface area contributed by atoms with Gasteiger partial charge >= 0.3 is 5.97 Å². The van der Waals surface area contributed by atoms with Crippen molar-refractivity contribution in [3.8, 4) is 11.4 Å². The number of aromatic nitrogens is 2. The van der Waals surface area contributed by atoms with E-state index in [-0.39, 0.29) is 47.9 Å². The van der Waals surface area contributed by atoms with Gasteiger partial charge in [-0.15, -0.1) is 0 Å². The first kappa shape index (κ1) is 20.4. The van der Waals surface area contributed by atoms with E-state index in [1.165, 1.54) is 10.6 Å². The van der Waals surface area contributed by atoms with E-state index in [9.17, 15) is 23.5 Å². The van der Waals surface area contributed by atoms with Gasteiger partial charge in [0, 0.05) is 28.1 Å². The number of pyridine rings is 2. The van der Waals surface area contributed by atoms with Crippen LogP contribution in [0.5, 0.6) is 0 Å². The number of carbonyl (C=O) groups is 1. The van der Waals surface area contributed by atoms with Crippen molar-refractivity contribution in [2.24, 2.45) is 5.73 Å². The molecule has 3 aliphatic rings. The number of carbonyl (C=O) groups excluding carboxylic acids is 1. The maximum absolute atomic E-state index is 13.7. The molecule has 1 aliphatic carbocycles. The second kappa shape index (κ2) is 6.68. The van der Waals surface area contributed by atoms with Gasteiger partial charge in [-0.1, -0.05) is 13.0 Å². The number of aryl methyl sites for hydroxylation is 1. The zero-order valence-corrected chi connectivity index (χ0v) is 17.8. The predicted molar refractivity (Wildman–Crippen MR) is 115 cm³/mol. The Morgan fingerprint density at radius 3 is 2.82 bits per heavy atom. The van der Waals surface area contributed by atoms with Gasteiger partial charge in [-0.3, -0.25) is 4.79 Å². The summed E-state index contributed by atoms with van der Waals surface area (Å²) in [7, 11) is 0. The van der Waals surface area contributed by atoms with Crippen LogP contribution in [-0.2, 0) is 34.7 Å². The van der Waals surface area contributed by atoms with Gasteiger partial charge in [-0.2, -0.15) is 0 Å². The number of aliphatic hydroxyl groups is 1. The molecule has 3 aromatic rings. The fourth-order valence-corrected chi connectivity index (χ4v) is 5.62. The van der Waals surface area contributed by atoms with Crippen molar-refractivity contribution in [3.05, 3.63) is 61.9 Å². The number of nitrogens with two attached hydrogens (primary N) is 1. The Morgan fingerprint density at radius 2 is 2.09 bits per heavy atom. The van der Waals surface area contributed by atoms with E-state index < -0.39 is 18.0 Å². The molecule has 3 N–H and O–H groups in total. The van der Waals surface area contributed by atoms with Gasteiger partial charge in [0.1, 0.15) is 6.61 Å². The highest BCUT2D eigenvalue weighted by Gasteiger charge is 2.45. The molecule has 0 spiro atoms. The average molecular weight is 453 g/mol. The quantitative estimate of drug-likeness (QED) is 0.452. The number of esters is 1. The molecule has 4 heterocycles. The lowest BCUT2D eigenvalue weighted by Crippen LogP contribution is -2.44. The molecule has 9 heteroatoms. The summed E-state index contributed by atoms with van der Waals surface area (Å²) in [4.78, 5) is 30.5. The van der Waals surface area contributed by atoms with Gasteiger partial charge < -0.3 is 20.1 Å². The summed E-state index contributed by atoms with van der Waals surface area (Å²) in [5.41, 5.74) is 8.25. The van der Waals surface area contributed by atoms with Crippen molar-refractivity contribution >= 4 is 16.9 Å². The van der Waals surface area contributed by atoms with Crippen LogP contribution in [0.1, 0.15) is 65.6 Å². The molecule has 2 aromatic heterocycles. The number of halogens is 2.